The standard InChI is InChI=1S/C21H27N3OS2/c1-25-20-10-3-2-9-19(20)23-21(26)22-15-12-16-6-4-7-17(13-15)24(16)14-18-8-5-11-27-18/h2-3,5,8-11,15-17H,4,6-7,12-14H2,1H3,(H2,22,23,26). The van der Waals surface area contributed by atoms with Gasteiger partial charge in [-0.15, -0.1) is 11.3 Å². The maximum Gasteiger partial charge on any atom is 0.171 e. The van der Waals surface area contributed by atoms with Crippen molar-refractivity contribution in [2.45, 2.75) is 56.8 Å². The van der Waals surface area contributed by atoms with Gasteiger partial charge in [-0.05, 0) is 61.5 Å². The van der Waals surface area contributed by atoms with Crippen molar-refractivity contribution in [1.82, 2.24) is 10.2 Å². The van der Waals surface area contributed by atoms with Gasteiger partial charge < -0.3 is 15.4 Å². The Balaban J connectivity index is 1.36. The van der Waals surface area contributed by atoms with E-state index in [1.165, 1.54) is 24.1 Å². The lowest BCUT2D eigenvalue weighted by Crippen LogP contribution is -2.56. The molecular weight excluding hydrogens is 374 g/mol. The molecule has 0 amide bonds. The Morgan fingerprint density at radius 2 is 1.96 bits per heavy atom. The summed E-state index contributed by atoms with van der Waals surface area (Å²) in [6.45, 7) is 1.10. The number of nitrogens with one attached hydrogen (secondary N) is 2. The summed E-state index contributed by atoms with van der Waals surface area (Å²) in [5.41, 5.74) is 0.910. The molecule has 2 bridgehead atoms. The highest BCUT2D eigenvalue weighted by atomic mass is 32.1. The third-order valence-electron chi connectivity index (χ3n) is 5.73. The molecule has 0 aliphatic carbocycles. The van der Waals surface area contributed by atoms with Crippen molar-refractivity contribution >= 4 is 34.4 Å². The highest BCUT2D eigenvalue weighted by molar-refractivity contribution is 7.80. The quantitative estimate of drug-likeness (QED) is 0.715. The van der Waals surface area contributed by atoms with Gasteiger partial charge in [0.1, 0.15) is 5.75 Å². The molecule has 2 aliphatic heterocycles. The predicted molar refractivity (Wildman–Crippen MR) is 117 cm³/mol. The molecular formula is C21H27N3OS2. The lowest BCUT2D eigenvalue weighted by molar-refractivity contribution is 0.0220. The van der Waals surface area contributed by atoms with E-state index in [0.29, 0.717) is 23.2 Å². The van der Waals surface area contributed by atoms with Crippen LogP contribution in [0.3, 0.4) is 0 Å². The van der Waals surface area contributed by atoms with Gasteiger partial charge >= 0.3 is 0 Å². The highest BCUT2D eigenvalue weighted by Gasteiger charge is 2.38. The van der Waals surface area contributed by atoms with Gasteiger partial charge in [-0.2, -0.15) is 0 Å². The van der Waals surface area contributed by atoms with Crippen LogP contribution in [-0.2, 0) is 6.54 Å². The summed E-state index contributed by atoms with van der Waals surface area (Å²) >= 11 is 7.46. The number of thiophene rings is 1. The van der Waals surface area contributed by atoms with Crippen LogP contribution >= 0.6 is 23.6 Å². The maximum absolute atomic E-state index is 5.59. The molecule has 2 aliphatic rings. The van der Waals surface area contributed by atoms with Gasteiger partial charge in [-0.1, -0.05) is 24.6 Å². The first-order chi connectivity index (χ1) is 13.2. The van der Waals surface area contributed by atoms with Crippen LogP contribution in [0.25, 0.3) is 0 Å². The van der Waals surface area contributed by atoms with E-state index in [0.717, 1.165) is 30.8 Å². The van der Waals surface area contributed by atoms with Crippen molar-refractivity contribution in [3.63, 3.8) is 0 Å². The van der Waals surface area contributed by atoms with E-state index in [2.05, 4.69) is 33.0 Å². The molecule has 27 heavy (non-hydrogen) atoms. The Bertz CT molecular complexity index is 751. The minimum Gasteiger partial charge on any atom is -0.495 e. The summed E-state index contributed by atoms with van der Waals surface area (Å²) in [4.78, 5) is 4.22. The summed E-state index contributed by atoms with van der Waals surface area (Å²) < 4.78 is 5.41. The Labute approximate surface area is 170 Å². The zero-order valence-electron chi connectivity index (χ0n) is 15.7. The SMILES string of the molecule is COc1ccccc1NC(=S)NC1CC2CCCC(C1)N2Cc1cccs1. The number of nitrogens with zero attached hydrogens (tertiary/aromatic N) is 1. The van der Waals surface area contributed by atoms with Crippen LogP contribution in [0.1, 0.15) is 37.0 Å². The molecule has 6 heteroatoms. The van der Waals surface area contributed by atoms with Crippen molar-refractivity contribution in [2.75, 3.05) is 12.4 Å². The van der Waals surface area contributed by atoms with E-state index in [1.807, 2.05) is 35.6 Å². The first-order valence-corrected chi connectivity index (χ1v) is 11.0. The number of piperidine rings is 2. The average Bonchev–Trinajstić information content (AvgIpc) is 3.16. The van der Waals surface area contributed by atoms with Crippen molar-refractivity contribution in [2.24, 2.45) is 0 Å². The van der Waals surface area contributed by atoms with Gasteiger partial charge in [0.2, 0.25) is 0 Å². The topological polar surface area (TPSA) is 36.5 Å². The van der Waals surface area contributed by atoms with Crippen LogP contribution in [0.2, 0.25) is 0 Å². The lowest BCUT2D eigenvalue weighted by Gasteiger charge is -2.49. The van der Waals surface area contributed by atoms with Crippen LogP contribution in [-0.4, -0.2) is 35.2 Å². The molecule has 1 aromatic heterocycles. The molecule has 4 nitrogen and oxygen atoms in total. The minimum absolute atomic E-state index is 0.439. The molecule has 2 atom stereocenters. The fourth-order valence-corrected chi connectivity index (χ4v) is 5.52. The molecule has 2 unspecified atom stereocenters. The summed E-state index contributed by atoms with van der Waals surface area (Å²) in [6, 6.07) is 14.1. The van der Waals surface area contributed by atoms with E-state index in [4.69, 9.17) is 17.0 Å². The number of benzene rings is 1. The number of methoxy groups -OCH3 is 1. The Morgan fingerprint density at radius 3 is 2.67 bits per heavy atom. The van der Waals surface area contributed by atoms with Crippen molar-refractivity contribution < 1.29 is 4.74 Å². The molecule has 144 valence electrons. The largest absolute Gasteiger partial charge is 0.495 e. The Kier molecular flexibility index (Phi) is 5.95. The molecule has 4 rings (SSSR count). The average molecular weight is 402 g/mol. The van der Waals surface area contributed by atoms with Crippen LogP contribution in [0.5, 0.6) is 5.75 Å². The van der Waals surface area contributed by atoms with E-state index >= 15 is 0 Å². The minimum atomic E-state index is 0.439. The number of fused-ring (bicyclic) bond motifs is 2. The number of hydrogen-bond donors (Lipinski definition) is 2. The van der Waals surface area contributed by atoms with E-state index in [-0.39, 0.29) is 0 Å². The molecule has 2 saturated heterocycles. The summed E-state index contributed by atoms with van der Waals surface area (Å²) in [6.07, 6.45) is 6.28. The van der Waals surface area contributed by atoms with Gasteiger partial charge in [0.05, 0.1) is 12.8 Å². The third-order valence-corrected chi connectivity index (χ3v) is 6.82. The summed E-state index contributed by atoms with van der Waals surface area (Å²) in [5.74, 6) is 0.810. The number of rotatable bonds is 5. The van der Waals surface area contributed by atoms with Gasteiger partial charge in [-0.25, -0.2) is 0 Å². The maximum atomic E-state index is 5.59. The highest BCUT2D eigenvalue weighted by Crippen LogP contribution is 2.36. The van der Waals surface area contributed by atoms with E-state index in [1.54, 1.807) is 7.11 Å². The van der Waals surface area contributed by atoms with Crippen molar-refractivity contribution in [1.29, 1.82) is 0 Å². The van der Waals surface area contributed by atoms with Gasteiger partial charge in [-0.3, -0.25) is 4.90 Å². The zero-order valence-corrected chi connectivity index (χ0v) is 17.3. The zero-order chi connectivity index (χ0) is 18.6. The third kappa shape index (κ3) is 4.45. The van der Waals surface area contributed by atoms with Crippen molar-refractivity contribution in [3.05, 3.63) is 46.7 Å². The van der Waals surface area contributed by atoms with E-state index in [9.17, 15) is 0 Å². The van der Waals surface area contributed by atoms with E-state index < -0.39 is 0 Å². The fraction of sp³-hybridized carbons (Fsp3) is 0.476. The summed E-state index contributed by atoms with van der Waals surface area (Å²) in [7, 11) is 1.68. The smallest absolute Gasteiger partial charge is 0.171 e. The number of thiocarbonyl (C=S) groups is 1. The van der Waals surface area contributed by atoms with Gasteiger partial charge in [0.15, 0.2) is 5.11 Å². The van der Waals surface area contributed by atoms with Crippen LogP contribution < -0.4 is 15.4 Å². The predicted octanol–water partition coefficient (Wildman–Crippen LogP) is 4.63. The first-order valence-electron chi connectivity index (χ1n) is 9.71. The number of ether oxygens (including phenoxy) is 1. The number of anilines is 1. The molecule has 2 aromatic rings. The molecule has 2 fully saturated rings. The van der Waals surface area contributed by atoms with Gasteiger partial charge in [0, 0.05) is 29.5 Å². The second kappa shape index (κ2) is 8.59. The number of para-hydroxylation sites is 2. The molecule has 3 heterocycles. The van der Waals surface area contributed by atoms with Crippen LogP contribution in [0.15, 0.2) is 41.8 Å². The Morgan fingerprint density at radius 1 is 1.19 bits per heavy atom. The molecule has 0 spiro atoms. The molecule has 0 saturated carbocycles. The second-order valence-electron chi connectivity index (χ2n) is 7.46. The Hall–Kier alpha value is -1.63. The van der Waals surface area contributed by atoms with Crippen LogP contribution in [0, 0.1) is 0 Å². The normalized spacial score (nSPS) is 25.0. The summed E-state index contributed by atoms with van der Waals surface area (Å²) in [5, 5.41) is 9.74. The fourth-order valence-electron chi connectivity index (χ4n) is 4.53. The van der Waals surface area contributed by atoms with Crippen molar-refractivity contribution in [3.8, 4) is 5.75 Å². The molecule has 0 radical (unpaired) electrons. The molecule has 1 aromatic carbocycles. The molecule has 2 N–H and O–H groups in total. The lowest BCUT2D eigenvalue weighted by atomic mass is 9.81. The van der Waals surface area contributed by atoms with Crippen LogP contribution in [0.4, 0.5) is 5.69 Å². The second-order valence-corrected chi connectivity index (χ2v) is 8.90. The first kappa shape index (κ1) is 18.7. The van der Waals surface area contributed by atoms with Gasteiger partial charge in [0.25, 0.3) is 0 Å². The number of hydrogen-bond acceptors (Lipinski definition) is 4. The monoisotopic (exact) mass is 401 g/mol.